The minimum atomic E-state index is 0.431. The van der Waals surface area contributed by atoms with E-state index < -0.39 is 0 Å². The second-order valence-electron chi connectivity index (χ2n) is 5.33. The van der Waals surface area contributed by atoms with Crippen molar-refractivity contribution >= 4 is 191 Å². The largest absolute Gasteiger partial charge is 0.0865 e. The van der Waals surface area contributed by atoms with Crippen LogP contribution in [0.25, 0.3) is 0 Å². The molecule has 0 unspecified atom stereocenters. The summed E-state index contributed by atoms with van der Waals surface area (Å²) in [5.41, 5.74) is 0. The number of hydrogen-bond donors (Lipinski definition) is 0. The molecule has 0 saturated heterocycles. The molecule has 0 aliphatic heterocycles. The number of hydrogen-bond acceptors (Lipinski definition) is 0. The van der Waals surface area contributed by atoms with E-state index in [2.05, 4.69) is 191 Å². The van der Waals surface area contributed by atoms with Crippen LogP contribution in [0.3, 0.4) is 0 Å². The number of halogens is 12. The molecule has 24 heavy (non-hydrogen) atoms. The fourth-order valence-corrected chi connectivity index (χ4v) is 14.9. The molecule has 0 aromatic carbocycles. The highest BCUT2D eigenvalue weighted by Crippen LogP contribution is 2.45. The summed E-state index contributed by atoms with van der Waals surface area (Å²) in [7, 11) is 0. The van der Waals surface area contributed by atoms with E-state index in [0.29, 0.717) is 57.9 Å². The van der Waals surface area contributed by atoms with E-state index in [9.17, 15) is 0 Å². The highest BCUT2D eigenvalue weighted by Gasteiger charge is 2.45. The van der Waals surface area contributed by atoms with Crippen molar-refractivity contribution in [1.82, 2.24) is 0 Å². The van der Waals surface area contributed by atoms with Crippen molar-refractivity contribution < 1.29 is 0 Å². The first-order valence-corrected chi connectivity index (χ1v) is 17.6. The van der Waals surface area contributed by atoms with Crippen molar-refractivity contribution in [2.75, 3.05) is 0 Å². The molecular weight excluding hydrogens is 1100 g/mol. The van der Waals surface area contributed by atoms with Crippen LogP contribution in [0.1, 0.15) is 0 Å². The van der Waals surface area contributed by atoms with Gasteiger partial charge >= 0.3 is 0 Å². The maximum atomic E-state index is 3.65. The van der Waals surface area contributed by atoms with E-state index in [1.807, 2.05) is 0 Å². The van der Waals surface area contributed by atoms with Crippen LogP contribution in [0, 0.1) is 0 Å². The predicted molar refractivity (Wildman–Crippen MR) is 153 cm³/mol. The van der Waals surface area contributed by atoms with Crippen LogP contribution >= 0.6 is 191 Å². The Morgan fingerprint density at radius 2 is 0.208 bits per heavy atom. The Balaban J connectivity index is 0.000000240. The monoisotopic (exact) mass is 1100 g/mol. The fraction of sp³-hybridized carbons (Fsp3) is 1.00. The van der Waals surface area contributed by atoms with Gasteiger partial charge in [-0.15, -0.1) is 0 Å². The van der Waals surface area contributed by atoms with Crippen molar-refractivity contribution in [2.24, 2.45) is 0 Å². The van der Waals surface area contributed by atoms with Gasteiger partial charge in [-0.05, 0) is 0 Å². The SMILES string of the molecule is BrC1C(Br)C(Br)C(Br)C(Br)C1Br.BrC1C(Br)C(Br)C(Br)C(Br)C1Br. The van der Waals surface area contributed by atoms with Crippen molar-refractivity contribution in [2.45, 2.75) is 57.9 Å². The van der Waals surface area contributed by atoms with E-state index in [-0.39, 0.29) is 0 Å². The van der Waals surface area contributed by atoms with E-state index >= 15 is 0 Å². The molecular formula is C12H12Br12. The Morgan fingerprint density at radius 3 is 0.250 bits per heavy atom. The second-order valence-corrected chi connectivity index (χ2v) is 18.0. The molecule has 0 aromatic heterocycles. The summed E-state index contributed by atoms with van der Waals surface area (Å²) in [4.78, 5) is 5.17. The molecule has 2 rings (SSSR count). The lowest BCUT2D eigenvalue weighted by Gasteiger charge is -2.39. The molecule has 12 heteroatoms. The third-order valence-electron chi connectivity index (χ3n) is 3.65. The first kappa shape index (κ1) is 27.8. The van der Waals surface area contributed by atoms with Gasteiger partial charge in [0, 0.05) is 57.9 Å². The molecule has 2 aliphatic rings. The molecule has 0 N–H and O–H groups in total. The fourth-order valence-electron chi connectivity index (χ4n) is 2.11. The van der Waals surface area contributed by atoms with Crippen molar-refractivity contribution in [3.05, 3.63) is 0 Å². The van der Waals surface area contributed by atoms with Crippen LogP contribution in [0.4, 0.5) is 0 Å². The van der Waals surface area contributed by atoms with Crippen LogP contribution < -0.4 is 0 Å². The summed E-state index contributed by atoms with van der Waals surface area (Å²) in [6, 6.07) is 0. The minimum absolute atomic E-state index is 0.431. The average molecular weight is 1120 g/mol. The second kappa shape index (κ2) is 12.7. The van der Waals surface area contributed by atoms with Gasteiger partial charge in [0.05, 0.1) is 0 Å². The molecule has 0 spiro atoms. The zero-order chi connectivity index (χ0) is 18.9. The molecule has 0 aromatic rings. The lowest BCUT2D eigenvalue weighted by molar-refractivity contribution is 0.612. The summed E-state index contributed by atoms with van der Waals surface area (Å²) in [5.74, 6) is 0. The number of alkyl halides is 12. The lowest BCUT2D eigenvalue weighted by Crippen LogP contribution is -2.50. The molecule has 2 saturated carbocycles. The third-order valence-corrected chi connectivity index (χ3v) is 25.8. The summed E-state index contributed by atoms with van der Waals surface area (Å²) >= 11 is 43.8. The predicted octanol–water partition coefficient (Wildman–Crippen LogP) is 9.16. The van der Waals surface area contributed by atoms with Crippen molar-refractivity contribution in [3.63, 3.8) is 0 Å². The zero-order valence-electron chi connectivity index (χ0n) is 11.5. The van der Waals surface area contributed by atoms with Crippen LogP contribution in [0.5, 0.6) is 0 Å². The van der Waals surface area contributed by atoms with Crippen molar-refractivity contribution in [3.8, 4) is 0 Å². The first-order valence-electron chi connectivity index (χ1n) is 6.62. The van der Waals surface area contributed by atoms with Crippen molar-refractivity contribution in [1.29, 1.82) is 0 Å². The number of rotatable bonds is 0. The first-order chi connectivity index (χ1) is 10.9. The minimum Gasteiger partial charge on any atom is -0.0865 e. The molecule has 0 heterocycles. The van der Waals surface area contributed by atoms with Gasteiger partial charge in [0.15, 0.2) is 0 Å². The van der Waals surface area contributed by atoms with E-state index in [1.165, 1.54) is 0 Å². The Bertz CT molecular complexity index is 243. The quantitative estimate of drug-likeness (QED) is 0.213. The highest BCUT2D eigenvalue weighted by molar-refractivity contribution is 9.17. The summed E-state index contributed by atoms with van der Waals surface area (Å²) < 4.78 is 0. The normalized spacial score (nSPS) is 55.5. The molecule has 2 fully saturated rings. The molecule has 0 nitrogen and oxygen atoms in total. The van der Waals surface area contributed by atoms with Gasteiger partial charge in [0.1, 0.15) is 0 Å². The molecule has 0 radical (unpaired) electrons. The Kier molecular flexibility index (Phi) is 14.7. The summed E-state index contributed by atoms with van der Waals surface area (Å²) in [5, 5.41) is 0. The van der Waals surface area contributed by atoms with Crippen LogP contribution in [0.15, 0.2) is 0 Å². The Labute approximate surface area is 244 Å². The van der Waals surface area contributed by atoms with Gasteiger partial charge in [-0.2, -0.15) is 0 Å². The van der Waals surface area contributed by atoms with E-state index in [4.69, 9.17) is 0 Å². The summed E-state index contributed by atoms with van der Waals surface area (Å²) in [6.07, 6.45) is 0. The highest BCUT2D eigenvalue weighted by atomic mass is 79.9. The molecule has 0 bridgehead atoms. The maximum absolute atomic E-state index is 3.65. The van der Waals surface area contributed by atoms with Gasteiger partial charge in [0.25, 0.3) is 0 Å². The van der Waals surface area contributed by atoms with E-state index in [1.54, 1.807) is 0 Å². The Morgan fingerprint density at radius 1 is 0.167 bits per heavy atom. The van der Waals surface area contributed by atoms with Gasteiger partial charge in [-0.25, -0.2) is 0 Å². The molecule has 2 aliphatic carbocycles. The lowest BCUT2D eigenvalue weighted by atomic mass is 10.00. The van der Waals surface area contributed by atoms with Crippen LogP contribution in [-0.2, 0) is 0 Å². The molecule has 144 valence electrons. The summed E-state index contributed by atoms with van der Waals surface area (Å²) in [6.45, 7) is 0. The molecule has 0 amide bonds. The molecule has 0 atom stereocenters. The van der Waals surface area contributed by atoms with Gasteiger partial charge in [0.2, 0.25) is 0 Å². The van der Waals surface area contributed by atoms with Crippen LogP contribution in [-0.4, -0.2) is 57.9 Å². The van der Waals surface area contributed by atoms with Gasteiger partial charge in [-0.1, -0.05) is 191 Å². The third kappa shape index (κ3) is 6.88. The van der Waals surface area contributed by atoms with Gasteiger partial charge < -0.3 is 0 Å². The maximum Gasteiger partial charge on any atom is 0.0418 e. The van der Waals surface area contributed by atoms with Crippen LogP contribution in [0.2, 0.25) is 0 Å². The Hall–Kier alpha value is 5.76. The van der Waals surface area contributed by atoms with Gasteiger partial charge in [-0.3, -0.25) is 0 Å². The smallest absolute Gasteiger partial charge is 0.0418 e. The zero-order valence-corrected chi connectivity index (χ0v) is 30.5. The van der Waals surface area contributed by atoms with E-state index in [0.717, 1.165) is 0 Å². The average Bonchev–Trinajstić information content (AvgIpc) is 2.58. The standard InChI is InChI=1S/2C6H6Br6/c2*7-1-2(8)4(10)6(12)5(11)3(1)9/h2*1-6H. The topological polar surface area (TPSA) is 0 Å².